The molecular weight excluding hydrogens is 295 g/mol. The molecular formula is C13H7ClF3NO2. The molecule has 0 amide bonds. The minimum Gasteiger partial charge on any atom is -0.405 e. The van der Waals surface area contributed by atoms with Crippen molar-refractivity contribution in [2.75, 3.05) is 0 Å². The van der Waals surface area contributed by atoms with E-state index in [1.54, 1.807) is 0 Å². The van der Waals surface area contributed by atoms with Gasteiger partial charge in [0.25, 0.3) is 0 Å². The largest absolute Gasteiger partial charge is 0.573 e. The number of ketones is 1. The lowest BCUT2D eigenvalue weighted by molar-refractivity contribution is -0.274. The first-order valence-electron chi connectivity index (χ1n) is 5.38. The van der Waals surface area contributed by atoms with Gasteiger partial charge in [0.2, 0.25) is 0 Å². The van der Waals surface area contributed by atoms with Crippen LogP contribution in [0.3, 0.4) is 0 Å². The predicted octanol–water partition coefficient (Wildman–Crippen LogP) is 3.86. The van der Waals surface area contributed by atoms with Crippen molar-refractivity contribution in [1.82, 2.24) is 4.98 Å². The maximum Gasteiger partial charge on any atom is 0.573 e. The fourth-order valence-corrected chi connectivity index (χ4v) is 1.65. The number of alkyl halides is 3. The van der Waals surface area contributed by atoms with Crippen molar-refractivity contribution in [3.05, 3.63) is 58.9 Å². The zero-order valence-electron chi connectivity index (χ0n) is 9.82. The van der Waals surface area contributed by atoms with Crippen molar-refractivity contribution in [1.29, 1.82) is 0 Å². The molecule has 1 heterocycles. The van der Waals surface area contributed by atoms with E-state index in [2.05, 4.69) is 9.72 Å². The maximum absolute atomic E-state index is 12.3. The number of rotatable bonds is 3. The highest BCUT2D eigenvalue weighted by atomic mass is 35.5. The average molecular weight is 302 g/mol. The minimum absolute atomic E-state index is 0.118. The molecule has 0 N–H and O–H groups in total. The number of para-hydroxylation sites is 1. The normalized spacial score (nSPS) is 11.2. The summed E-state index contributed by atoms with van der Waals surface area (Å²) in [7, 11) is 0. The molecule has 0 saturated carbocycles. The van der Waals surface area contributed by atoms with Crippen LogP contribution >= 0.6 is 11.6 Å². The number of ether oxygens (including phenoxy) is 1. The van der Waals surface area contributed by atoms with E-state index in [1.165, 1.54) is 36.5 Å². The Morgan fingerprint density at radius 1 is 1.15 bits per heavy atom. The topological polar surface area (TPSA) is 39.2 Å². The Bertz CT molecular complexity index is 626. The smallest absolute Gasteiger partial charge is 0.405 e. The van der Waals surface area contributed by atoms with Gasteiger partial charge in [0.1, 0.15) is 10.9 Å². The summed E-state index contributed by atoms with van der Waals surface area (Å²) in [6.45, 7) is 0. The Balaban J connectivity index is 2.37. The summed E-state index contributed by atoms with van der Waals surface area (Å²) in [6.07, 6.45) is -3.68. The molecule has 0 bridgehead atoms. The molecule has 0 atom stereocenters. The Labute approximate surface area is 117 Å². The molecule has 104 valence electrons. The maximum atomic E-state index is 12.3. The molecule has 0 aliphatic heterocycles. The lowest BCUT2D eigenvalue weighted by Crippen LogP contribution is -2.19. The lowest BCUT2D eigenvalue weighted by Gasteiger charge is -2.12. The molecule has 1 aromatic heterocycles. The van der Waals surface area contributed by atoms with Crippen LogP contribution in [0.15, 0.2) is 42.6 Å². The number of aromatic nitrogens is 1. The number of hydrogen-bond acceptors (Lipinski definition) is 3. The molecule has 0 spiro atoms. The summed E-state index contributed by atoms with van der Waals surface area (Å²) in [5.74, 6) is -1.19. The highest BCUT2D eigenvalue weighted by Gasteiger charge is 2.32. The van der Waals surface area contributed by atoms with Crippen LogP contribution in [0.1, 0.15) is 15.9 Å². The number of carbonyl (C=O) groups excluding carboxylic acids is 1. The van der Waals surface area contributed by atoms with Gasteiger partial charge in [-0.3, -0.25) is 4.79 Å². The van der Waals surface area contributed by atoms with Gasteiger partial charge in [-0.15, -0.1) is 13.2 Å². The van der Waals surface area contributed by atoms with Crippen LogP contribution in [0.2, 0.25) is 5.15 Å². The summed E-state index contributed by atoms with van der Waals surface area (Å²) in [5, 5.41) is 0.182. The second kappa shape index (κ2) is 5.50. The van der Waals surface area contributed by atoms with Gasteiger partial charge in [0.15, 0.2) is 5.78 Å². The van der Waals surface area contributed by atoms with Crippen molar-refractivity contribution in [2.24, 2.45) is 0 Å². The molecule has 0 aliphatic carbocycles. The molecule has 0 aliphatic rings. The van der Waals surface area contributed by atoms with Gasteiger partial charge in [0, 0.05) is 11.8 Å². The molecule has 0 fully saturated rings. The minimum atomic E-state index is -4.87. The van der Waals surface area contributed by atoms with Crippen LogP contribution in [-0.4, -0.2) is 17.1 Å². The first-order chi connectivity index (χ1) is 9.37. The van der Waals surface area contributed by atoms with Gasteiger partial charge in [0.05, 0.1) is 5.56 Å². The summed E-state index contributed by atoms with van der Waals surface area (Å²) >= 11 is 5.58. The number of benzene rings is 1. The van der Waals surface area contributed by atoms with Gasteiger partial charge in [-0.1, -0.05) is 23.7 Å². The van der Waals surface area contributed by atoms with Crippen molar-refractivity contribution >= 4 is 17.4 Å². The highest BCUT2D eigenvalue weighted by molar-refractivity contribution is 6.29. The van der Waals surface area contributed by atoms with Gasteiger partial charge >= 0.3 is 6.36 Å². The van der Waals surface area contributed by atoms with Crippen molar-refractivity contribution in [2.45, 2.75) is 6.36 Å². The Morgan fingerprint density at radius 3 is 2.45 bits per heavy atom. The van der Waals surface area contributed by atoms with Gasteiger partial charge in [-0.25, -0.2) is 4.98 Å². The molecule has 0 radical (unpaired) electrons. The van der Waals surface area contributed by atoms with Crippen molar-refractivity contribution < 1.29 is 22.7 Å². The molecule has 0 saturated heterocycles. The van der Waals surface area contributed by atoms with Crippen LogP contribution in [0, 0.1) is 0 Å². The molecule has 1 aromatic carbocycles. The quantitative estimate of drug-likeness (QED) is 0.638. The Hall–Kier alpha value is -2.08. The number of carbonyl (C=O) groups is 1. The Kier molecular flexibility index (Phi) is 3.94. The zero-order chi connectivity index (χ0) is 14.8. The van der Waals surface area contributed by atoms with Crippen LogP contribution in [0.4, 0.5) is 13.2 Å². The number of pyridine rings is 1. The third kappa shape index (κ3) is 3.48. The van der Waals surface area contributed by atoms with Crippen molar-refractivity contribution in [3.8, 4) is 5.75 Å². The standard InChI is InChI=1S/C13H7ClF3NO2/c14-11-6-5-8(7-18-11)12(19)9-3-1-2-4-10(9)20-13(15,16)17/h1-7H. The van der Waals surface area contributed by atoms with Crippen LogP contribution in [0.5, 0.6) is 5.75 Å². The number of nitrogens with zero attached hydrogens (tertiary/aromatic N) is 1. The van der Waals surface area contributed by atoms with Crippen LogP contribution in [-0.2, 0) is 0 Å². The van der Waals surface area contributed by atoms with Gasteiger partial charge in [-0.2, -0.15) is 0 Å². The second-order valence-corrected chi connectivity index (χ2v) is 4.13. The van der Waals surface area contributed by atoms with Crippen molar-refractivity contribution in [3.63, 3.8) is 0 Å². The monoisotopic (exact) mass is 301 g/mol. The number of hydrogen-bond donors (Lipinski definition) is 0. The summed E-state index contributed by atoms with van der Waals surface area (Å²) in [4.78, 5) is 15.8. The summed E-state index contributed by atoms with van der Waals surface area (Å²) < 4.78 is 40.7. The molecule has 2 aromatic rings. The van der Waals surface area contributed by atoms with E-state index in [-0.39, 0.29) is 16.3 Å². The molecule has 7 heteroatoms. The highest BCUT2D eigenvalue weighted by Crippen LogP contribution is 2.27. The van der Waals surface area contributed by atoms with Crippen LogP contribution < -0.4 is 4.74 Å². The third-order valence-corrected chi connectivity index (χ3v) is 2.57. The fourth-order valence-electron chi connectivity index (χ4n) is 1.53. The number of halogens is 4. The van der Waals surface area contributed by atoms with Gasteiger partial charge < -0.3 is 4.74 Å². The SMILES string of the molecule is O=C(c1ccc(Cl)nc1)c1ccccc1OC(F)(F)F. The molecule has 0 unspecified atom stereocenters. The third-order valence-electron chi connectivity index (χ3n) is 2.35. The van der Waals surface area contributed by atoms with Crippen LogP contribution in [0.25, 0.3) is 0 Å². The zero-order valence-corrected chi connectivity index (χ0v) is 10.6. The van der Waals surface area contributed by atoms with E-state index in [0.29, 0.717) is 0 Å². The van der Waals surface area contributed by atoms with E-state index in [4.69, 9.17) is 11.6 Å². The first-order valence-corrected chi connectivity index (χ1v) is 5.75. The second-order valence-electron chi connectivity index (χ2n) is 3.74. The lowest BCUT2D eigenvalue weighted by atomic mass is 10.0. The van der Waals surface area contributed by atoms with E-state index >= 15 is 0 Å². The predicted molar refractivity (Wildman–Crippen MR) is 65.8 cm³/mol. The summed E-state index contributed by atoms with van der Waals surface area (Å²) in [5.41, 5.74) is -0.0819. The summed E-state index contributed by atoms with van der Waals surface area (Å²) in [6, 6.07) is 7.86. The van der Waals surface area contributed by atoms with E-state index in [1.807, 2.05) is 0 Å². The van der Waals surface area contributed by atoms with E-state index in [9.17, 15) is 18.0 Å². The van der Waals surface area contributed by atoms with E-state index in [0.717, 1.165) is 6.07 Å². The first kappa shape index (κ1) is 14.3. The molecule has 3 nitrogen and oxygen atoms in total. The van der Waals surface area contributed by atoms with E-state index < -0.39 is 17.9 Å². The molecule has 2 rings (SSSR count). The average Bonchev–Trinajstić information content (AvgIpc) is 2.37. The van der Waals surface area contributed by atoms with Gasteiger partial charge in [-0.05, 0) is 24.3 Å². The fraction of sp³-hybridized carbons (Fsp3) is 0.0769. The molecule has 20 heavy (non-hydrogen) atoms. The Morgan fingerprint density at radius 2 is 1.85 bits per heavy atom.